The van der Waals surface area contributed by atoms with Crippen LogP contribution >= 0.6 is 43.2 Å². The van der Waals surface area contributed by atoms with Crippen LogP contribution in [0.5, 0.6) is 0 Å². The van der Waals surface area contributed by atoms with E-state index in [-0.39, 0.29) is 0 Å². The summed E-state index contributed by atoms with van der Waals surface area (Å²) in [4.78, 5) is 1.39. The highest BCUT2D eigenvalue weighted by Crippen LogP contribution is 2.19. The van der Waals surface area contributed by atoms with E-state index in [9.17, 15) is 0 Å². The van der Waals surface area contributed by atoms with Gasteiger partial charge in [0.15, 0.2) is 0 Å². The molecule has 0 aliphatic heterocycles. The van der Waals surface area contributed by atoms with Crippen LogP contribution in [0.25, 0.3) is 0 Å². The van der Waals surface area contributed by atoms with Crippen molar-refractivity contribution >= 4 is 43.2 Å². The van der Waals surface area contributed by atoms with Gasteiger partial charge in [-0.3, -0.25) is 0 Å². The summed E-state index contributed by atoms with van der Waals surface area (Å²) < 4.78 is 1.18. The maximum absolute atomic E-state index is 3.43. The van der Waals surface area contributed by atoms with Gasteiger partial charge in [-0.25, -0.2) is 0 Å². The predicted molar refractivity (Wildman–Crippen MR) is 62.1 cm³/mol. The summed E-state index contributed by atoms with van der Waals surface area (Å²) >= 11 is 8.61. The summed E-state index contributed by atoms with van der Waals surface area (Å²) in [5, 5.41) is 6.57. The lowest BCUT2D eigenvalue weighted by Gasteiger charge is -1.99. The molecule has 1 nitrogen and oxygen atoms in total. The molecule has 0 saturated carbocycles. The summed E-state index contributed by atoms with van der Waals surface area (Å²) in [5.74, 6) is 0. The molecular weight excluding hydrogens is 302 g/mol. The Hall–Kier alpha value is 0.620. The summed E-state index contributed by atoms with van der Waals surface area (Å²) in [5.41, 5.74) is 0. The first kappa shape index (κ1) is 10.7. The third-order valence-electron chi connectivity index (χ3n) is 1.41. The summed E-state index contributed by atoms with van der Waals surface area (Å²) in [7, 11) is 0. The molecule has 1 aromatic heterocycles. The Morgan fingerprint density at radius 2 is 2.33 bits per heavy atom. The normalized spacial score (nSPS) is 10.5. The van der Waals surface area contributed by atoms with Crippen molar-refractivity contribution in [1.82, 2.24) is 5.32 Å². The fourth-order valence-corrected chi connectivity index (χ4v) is 2.55. The molecule has 68 valence electrons. The highest BCUT2D eigenvalue weighted by molar-refractivity contribution is 9.10. The third kappa shape index (κ3) is 4.03. The average Bonchev–Trinajstić information content (AvgIpc) is 2.45. The fourth-order valence-electron chi connectivity index (χ4n) is 0.850. The molecule has 0 aliphatic carbocycles. The van der Waals surface area contributed by atoms with Gasteiger partial charge in [0.2, 0.25) is 0 Å². The maximum Gasteiger partial charge on any atom is 0.0300 e. The Labute approximate surface area is 93.8 Å². The van der Waals surface area contributed by atoms with E-state index in [2.05, 4.69) is 48.6 Å². The van der Waals surface area contributed by atoms with Crippen molar-refractivity contribution in [2.75, 3.05) is 11.9 Å². The fraction of sp³-hybridized carbons (Fsp3) is 0.500. The number of halogens is 2. The highest BCUT2D eigenvalue weighted by atomic mass is 79.9. The van der Waals surface area contributed by atoms with Crippen molar-refractivity contribution in [3.8, 4) is 0 Å². The zero-order chi connectivity index (χ0) is 8.81. The lowest BCUT2D eigenvalue weighted by molar-refractivity contribution is 0.686. The van der Waals surface area contributed by atoms with Crippen LogP contribution < -0.4 is 5.32 Å². The Morgan fingerprint density at radius 3 is 2.92 bits per heavy atom. The van der Waals surface area contributed by atoms with Gasteiger partial charge in [0.05, 0.1) is 0 Å². The van der Waals surface area contributed by atoms with Gasteiger partial charge in [-0.15, -0.1) is 11.3 Å². The smallest absolute Gasteiger partial charge is 0.0300 e. The second-order valence-electron chi connectivity index (χ2n) is 2.45. The molecule has 0 aromatic carbocycles. The Morgan fingerprint density at radius 1 is 1.50 bits per heavy atom. The van der Waals surface area contributed by atoms with Gasteiger partial charge in [0.25, 0.3) is 0 Å². The van der Waals surface area contributed by atoms with Crippen LogP contribution in [0.2, 0.25) is 0 Å². The summed E-state index contributed by atoms with van der Waals surface area (Å²) in [6.45, 7) is 2.07. The average molecular weight is 313 g/mol. The SMILES string of the molecule is BrCCCNCc1cc(Br)cs1. The van der Waals surface area contributed by atoms with Crippen LogP contribution in [0.1, 0.15) is 11.3 Å². The minimum atomic E-state index is 0.989. The number of alkyl halides is 1. The number of rotatable bonds is 5. The monoisotopic (exact) mass is 311 g/mol. The predicted octanol–water partition coefficient (Wildman–Crippen LogP) is 3.39. The third-order valence-corrected chi connectivity index (χ3v) is 3.67. The first-order chi connectivity index (χ1) is 5.83. The topological polar surface area (TPSA) is 12.0 Å². The van der Waals surface area contributed by atoms with Crippen molar-refractivity contribution < 1.29 is 0 Å². The van der Waals surface area contributed by atoms with Crippen LogP contribution in [0, 0.1) is 0 Å². The van der Waals surface area contributed by atoms with Gasteiger partial charge >= 0.3 is 0 Å². The van der Waals surface area contributed by atoms with Crippen LogP contribution in [0.15, 0.2) is 15.9 Å². The van der Waals surface area contributed by atoms with Crippen LogP contribution in [0.4, 0.5) is 0 Å². The minimum absolute atomic E-state index is 0.989. The number of nitrogens with one attached hydrogen (secondary N) is 1. The second kappa shape index (κ2) is 6.13. The molecule has 1 heterocycles. The van der Waals surface area contributed by atoms with Gasteiger partial charge in [0.1, 0.15) is 0 Å². The first-order valence-electron chi connectivity index (χ1n) is 3.82. The van der Waals surface area contributed by atoms with Crippen LogP contribution in [-0.4, -0.2) is 11.9 Å². The molecule has 0 unspecified atom stereocenters. The van der Waals surface area contributed by atoms with Crippen molar-refractivity contribution in [3.63, 3.8) is 0 Å². The second-order valence-corrected chi connectivity index (χ2v) is 5.16. The van der Waals surface area contributed by atoms with Gasteiger partial charge < -0.3 is 5.32 Å². The van der Waals surface area contributed by atoms with Crippen molar-refractivity contribution in [3.05, 3.63) is 20.8 Å². The maximum atomic E-state index is 3.43. The molecule has 4 heteroatoms. The van der Waals surface area contributed by atoms with E-state index in [1.54, 1.807) is 11.3 Å². The largest absolute Gasteiger partial charge is 0.312 e. The molecule has 0 amide bonds. The standard InChI is InChI=1S/C8H11Br2NS/c9-2-1-3-11-5-8-4-7(10)6-12-8/h4,6,11H,1-3,5H2. The Kier molecular flexibility index (Phi) is 5.47. The quantitative estimate of drug-likeness (QED) is 0.649. The molecule has 1 aromatic rings. The van der Waals surface area contributed by atoms with E-state index in [1.807, 2.05) is 0 Å². The molecule has 12 heavy (non-hydrogen) atoms. The van der Waals surface area contributed by atoms with E-state index in [1.165, 1.54) is 15.8 Å². The Bertz CT molecular complexity index is 225. The van der Waals surface area contributed by atoms with E-state index >= 15 is 0 Å². The molecule has 1 rings (SSSR count). The number of thiophene rings is 1. The Balaban J connectivity index is 2.15. The number of hydrogen-bond acceptors (Lipinski definition) is 2. The molecule has 0 fully saturated rings. The van der Waals surface area contributed by atoms with Gasteiger partial charge in [-0.05, 0) is 35.0 Å². The molecule has 0 spiro atoms. The molecular formula is C8H11Br2NS. The lowest BCUT2D eigenvalue weighted by atomic mass is 10.4. The van der Waals surface area contributed by atoms with Gasteiger partial charge in [-0.2, -0.15) is 0 Å². The highest BCUT2D eigenvalue weighted by Gasteiger charge is 1.95. The van der Waals surface area contributed by atoms with E-state index < -0.39 is 0 Å². The zero-order valence-electron chi connectivity index (χ0n) is 6.65. The summed E-state index contributed by atoms with van der Waals surface area (Å²) in [6.07, 6.45) is 1.19. The van der Waals surface area contributed by atoms with E-state index in [4.69, 9.17) is 0 Å². The molecule has 1 N–H and O–H groups in total. The van der Waals surface area contributed by atoms with E-state index in [0.717, 1.165) is 18.4 Å². The van der Waals surface area contributed by atoms with Gasteiger partial charge in [0, 0.05) is 26.6 Å². The molecule has 0 aliphatic rings. The van der Waals surface area contributed by atoms with E-state index in [0.29, 0.717) is 0 Å². The van der Waals surface area contributed by atoms with Crippen molar-refractivity contribution in [1.29, 1.82) is 0 Å². The van der Waals surface area contributed by atoms with Crippen molar-refractivity contribution in [2.45, 2.75) is 13.0 Å². The van der Waals surface area contributed by atoms with Crippen molar-refractivity contribution in [2.24, 2.45) is 0 Å². The number of hydrogen-bond donors (Lipinski definition) is 1. The minimum Gasteiger partial charge on any atom is -0.312 e. The first-order valence-corrected chi connectivity index (χ1v) is 6.62. The lowest BCUT2D eigenvalue weighted by Crippen LogP contribution is -2.13. The zero-order valence-corrected chi connectivity index (χ0v) is 10.6. The molecule has 0 saturated heterocycles. The molecule has 0 radical (unpaired) electrons. The molecule has 0 atom stereocenters. The van der Waals surface area contributed by atoms with Gasteiger partial charge in [-0.1, -0.05) is 15.9 Å². The summed E-state index contributed by atoms with van der Waals surface area (Å²) in [6, 6.07) is 2.16. The van der Waals surface area contributed by atoms with Crippen LogP contribution in [-0.2, 0) is 6.54 Å². The van der Waals surface area contributed by atoms with Crippen LogP contribution in [0.3, 0.4) is 0 Å². The molecule has 0 bridgehead atoms.